The molecule has 0 amide bonds. The monoisotopic (exact) mass is 210 g/mol. The largest absolute Gasteiger partial charge is 0.454 e. The van der Waals surface area contributed by atoms with Gasteiger partial charge in [0.05, 0.1) is 13.7 Å². The Labute approximate surface area is 89.0 Å². The Bertz CT molecular complexity index is 341. The summed E-state index contributed by atoms with van der Waals surface area (Å²) in [4.78, 5) is 1.27. The summed E-state index contributed by atoms with van der Waals surface area (Å²) < 4.78 is 10.5. The van der Waals surface area contributed by atoms with E-state index in [1.165, 1.54) is 10.5 Å². The molecule has 1 atom stereocenters. The van der Waals surface area contributed by atoms with Gasteiger partial charge < -0.3 is 19.5 Å². The number of rotatable bonds is 4. The van der Waals surface area contributed by atoms with E-state index >= 15 is 0 Å². The van der Waals surface area contributed by atoms with Gasteiger partial charge in [-0.25, -0.2) is 0 Å². The Morgan fingerprint density at radius 3 is 2.93 bits per heavy atom. The molecule has 4 heteroatoms. The molecule has 0 saturated heterocycles. The van der Waals surface area contributed by atoms with E-state index in [0.717, 1.165) is 24.6 Å². The van der Waals surface area contributed by atoms with Crippen LogP contribution in [0.3, 0.4) is 0 Å². The Morgan fingerprint density at radius 1 is 1.33 bits per heavy atom. The predicted octanol–water partition coefficient (Wildman–Crippen LogP) is -0.578. The van der Waals surface area contributed by atoms with Crippen molar-refractivity contribution < 1.29 is 19.5 Å². The van der Waals surface area contributed by atoms with Gasteiger partial charge in [0, 0.05) is 5.56 Å². The first-order chi connectivity index (χ1) is 7.29. The van der Waals surface area contributed by atoms with E-state index in [1.807, 2.05) is 18.2 Å². The molecule has 0 fully saturated rings. The zero-order chi connectivity index (χ0) is 10.7. The van der Waals surface area contributed by atoms with Gasteiger partial charge >= 0.3 is 0 Å². The van der Waals surface area contributed by atoms with Gasteiger partial charge in [-0.1, -0.05) is 0 Å². The molecule has 0 spiro atoms. The number of aliphatic hydroxyl groups excluding tert-OH is 1. The molecule has 1 aromatic rings. The van der Waals surface area contributed by atoms with Crippen molar-refractivity contribution in [3.05, 3.63) is 23.8 Å². The molecule has 82 valence electrons. The summed E-state index contributed by atoms with van der Waals surface area (Å²) in [7, 11) is 2.06. The summed E-state index contributed by atoms with van der Waals surface area (Å²) in [5.41, 5.74) is 1.20. The number of ether oxygens (including phenoxy) is 2. The molecule has 1 unspecified atom stereocenters. The lowest BCUT2D eigenvalue weighted by atomic mass is 10.2. The van der Waals surface area contributed by atoms with Crippen molar-refractivity contribution in [2.24, 2.45) is 0 Å². The maximum absolute atomic E-state index is 8.80. The smallest absolute Gasteiger partial charge is 0.231 e. The van der Waals surface area contributed by atoms with Crippen LogP contribution in [-0.2, 0) is 6.54 Å². The van der Waals surface area contributed by atoms with Crippen molar-refractivity contribution in [1.29, 1.82) is 0 Å². The normalized spacial score (nSPS) is 15.3. The van der Waals surface area contributed by atoms with Crippen molar-refractivity contribution >= 4 is 0 Å². The van der Waals surface area contributed by atoms with Gasteiger partial charge in [-0.3, -0.25) is 0 Å². The van der Waals surface area contributed by atoms with Gasteiger partial charge in [0.1, 0.15) is 13.1 Å². The molecule has 0 aromatic heterocycles. The average Bonchev–Trinajstić information content (AvgIpc) is 2.65. The molecule has 1 aliphatic heterocycles. The summed E-state index contributed by atoms with van der Waals surface area (Å²) in [6.07, 6.45) is 0. The number of fused-ring (bicyclic) bond motifs is 1. The lowest BCUT2D eigenvalue weighted by Gasteiger charge is -2.12. The minimum Gasteiger partial charge on any atom is -0.454 e. The van der Waals surface area contributed by atoms with Crippen molar-refractivity contribution in [2.75, 3.05) is 27.0 Å². The first-order valence-corrected chi connectivity index (χ1v) is 5.10. The highest BCUT2D eigenvalue weighted by Crippen LogP contribution is 2.32. The first-order valence-electron chi connectivity index (χ1n) is 5.10. The lowest BCUT2D eigenvalue weighted by Crippen LogP contribution is -3.08. The molecule has 0 saturated carbocycles. The Hall–Kier alpha value is -1.26. The zero-order valence-electron chi connectivity index (χ0n) is 8.82. The zero-order valence-corrected chi connectivity index (χ0v) is 8.82. The standard InChI is InChI=1S/C11H15NO3/c1-12(4-5-13)7-9-2-3-10-11(6-9)15-8-14-10/h2-3,6,13H,4-5,7-8H2,1H3/p+1. The van der Waals surface area contributed by atoms with E-state index in [0.29, 0.717) is 6.79 Å². The molecule has 1 heterocycles. The molecule has 1 aromatic carbocycles. The number of hydrogen-bond donors (Lipinski definition) is 2. The highest BCUT2D eigenvalue weighted by molar-refractivity contribution is 5.44. The fourth-order valence-corrected chi connectivity index (χ4v) is 1.68. The van der Waals surface area contributed by atoms with E-state index in [9.17, 15) is 0 Å². The van der Waals surface area contributed by atoms with Gasteiger partial charge in [-0.05, 0) is 18.2 Å². The summed E-state index contributed by atoms with van der Waals surface area (Å²) >= 11 is 0. The summed E-state index contributed by atoms with van der Waals surface area (Å²) in [5.74, 6) is 1.64. The van der Waals surface area contributed by atoms with E-state index < -0.39 is 0 Å². The average molecular weight is 210 g/mol. The van der Waals surface area contributed by atoms with Crippen molar-refractivity contribution in [3.63, 3.8) is 0 Å². The first kappa shape index (κ1) is 10.3. The van der Waals surface area contributed by atoms with Crippen molar-refractivity contribution in [1.82, 2.24) is 0 Å². The number of benzene rings is 1. The van der Waals surface area contributed by atoms with Crippen molar-refractivity contribution in [3.8, 4) is 11.5 Å². The van der Waals surface area contributed by atoms with Crippen LogP contribution in [-0.4, -0.2) is 32.1 Å². The summed E-state index contributed by atoms with van der Waals surface area (Å²) in [5, 5.41) is 8.80. The fourth-order valence-electron chi connectivity index (χ4n) is 1.68. The lowest BCUT2D eigenvalue weighted by molar-refractivity contribution is -0.894. The van der Waals surface area contributed by atoms with E-state index in [-0.39, 0.29) is 6.61 Å². The fraction of sp³-hybridized carbons (Fsp3) is 0.455. The highest BCUT2D eigenvalue weighted by Gasteiger charge is 2.14. The minimum atomic E-state index is 0.219. The van der Waals surface area contributed by atoms with Crippen LogP contribution in [0.1, 0.15) is 5.56 Å². The molecule has 2 N–H and O–H groups in total. The SMILES string of the molecule is C[NH+](CCO)Cc1ccc2c(c1)OCO2. The second kappa shape index (κ2) is 4.51. The van der Waals surface area contributed by atoms with Crippen LogP contribution in [0.4, 0.5) is 0 Å². The topological polar surface area (TPSA) is 43.1 Å². The molecule has 1 aliphatic rings. The molecule has 4 nitrogen and oxygen atoms in total. The molecule has 15 heavy (non-hydrogen) atoms. The summed E-state index contributed by atoms with van der Waals surface area (Å²) in [6.45, 7) is 2.18. The molecule has 2 rings (SSSR count). The third-order valence-electron chi connectivity index (χ3n) is 2.48. The quantitative estimate of drug-likeness (QED) is 0.699. The van der Waals surface area contributed by atoms with Crippen LogP contribution in [0, 0.1) is 0 Å². The molecule has 0 bridgehead atoms. The van der Waals surface area contributed by atoms with Crippen LogP contribution in [0.5, 0.6) is 11.5 Å². The molecular weight excluding hydrogens is 194 g/mol. The third kappa shape index (κ3) is 2.40. The number of aliphatic hydroxyl groups is 1. The number of likely N-dealkylation sites (N-methyl/N-ethyl adjacent to an activating group) is 1. The molecule has 0 radical (unpaired) electrons. The number of hydrogen-bond acceptors (Lipinski definition) is 3. The van der Waals surface area contributed by atoms with Crippen LogP contribution < -0.4 is 14.4 Å². The van der Waals surface area contributed by atoms with Crippen LogP contribution >= 0.6 is 0 Å². The van der Waals surface area contributed by atoms with Gasteiger partial charge in [0.25, 0.3) is 0 Å². The Kier molecular flexibility index (Phi) is 3.08. The van der Waals surface area contributed by atoms with Gasteiger partial charge in [-0.2, -0.15) is 0 Å². The third-order valence-corrected chi connectivity index (χ3v) is 2.48. The minimum absolute atomic E-state index is 0.219. The maximum atomic E-state index is 8.80. The van der Waals surface area contributed by atoms with Gasteiger partial charge in [-0.15, -0.1) is 0 Å². The van der Waals surface area contributed by atoms with Crippen LogP contribution in [0.2, 0.25) is 0 Å². The van der Waals surface area contributed by atoms with Gasteiger partial charge in [0.15, 0.2) is 11.5 Å². The Morgan fingerprint density at radius 2 is 2.13 bits per heavy atom. The summed E-state index contributed by atoms with van der Waals surface area (Å²) in [6, 6.07) is 5.97. The number of quaternary nitrogens is 1. The molecule has 0 aliphatic carbocycles. The second-order valence-electron chi connectivity index (χ2n) is 3.80. The van der Waals surface area contributed by atoms with E-state index in [1.54, 1.807) is 0 Å². The van der Waals surface area contributed by atoms with Crippen molar-refractivity contribution in [2.45, 2.75) is 6.54 Å². The predicted molar refractivity (Wildman–Crippen MR) is 55.1 cm³/mol. The van der Waals surface area contributed by atoms with Crippen LogP contribution in [0.25, 0.3) is 0 Å². The number of nitrogens with one attached hydrogen (secondary N) is 1. The molecular formula is C11H16NO3+. The maximum Gasteiger partial charge on any atom is 0.231 e. The van der Waals surface area contributed by atoms with E-state index in [2.05, 4.69) is 7.05 Å². The van der Waals surface area contributed by atoms with E-state index in [4.69, 9.17) is 14.6 Å². The second-order valence-corrected chi connectivity index (χ2v) is 3.80. The van der Waals surface area contributed by atoms with Gasteiger partial charge in [0.2, 0.25) is 6.79 Å². The highest BCUT2D eigenvalue weighted by atomic mass is 16.7. The Balaban J connectivity index is 2.03. The van der Waals surface area contributed by atoms with Crippen LogP contribution in [0.15, 0.2) is 18.2 Å².